The van der Waals surface area contributed by atoms with Crippen LogP contribution in [0.4, 0.5) is 0 Å². The topological polar surface area (TPSA) is 88.8 Å². The van der Waals surface area contributed by atoms with Crippen molar-refractivity contribution in [2.24, 2.45) is 5.92 Å². The van der Waals surface area contributed by atoms with E-state index in [0.717, 1.165) is 19.1 Å². The van der Waals surface area contributed by atoms with Crippen molar-refractivity contribution in [3.05, 3.63) is 23.7 Å². The molecule has 1 amide bonds. The quantitative estimate of drug-likeness (QED) is 0.880. The molecule has 2 N–H and O–H groups in total. The molecule has 6 nitrogen and oxygen atoms in total. The van der Waals surface area contributed by atoms with E-state index in [-0.39, 0.29) is 29.4 Å². The predicted octanol–water partition coefficient (Wildman–Crippen LogP) is 1.91. The van der Waals surface area contributed by atoms with Crippen LogP contribution in [0, 0.1) is 5.92 Å². The van der Waals surface area contributed by atoms with Crippen LogP contribution in [0.15, 0.2) is 16.7 Å². The number of ether oxygens (including phenoxy) is 1. The van der Waals surface area contributed by atoms with Crippen LogP contribution >= 0.6 is 0 Å². The van der Waals surface area contributed by atoms with Crippen LogP contribution in [0.5, 0.6) is 0 Å². The summed E-state index contributed by atoms with van der Waals surface area (Å²) in [5.74, 6) is -1.07. The van der Waals surface area contributed by atoms with Crippen LogP contribution in [-0.4, -0.2) is 35.7 Å². The van der Waals surface area contributed by atoms with Gasteiger partial charge >= 0.3 is 5.97 Å². The summed E-state index contributed by atoms with van der Waals surface area (Å²) in [4.78, 5) is 22.7. The van der Waals surface area contributed by atoms with Gasteiger partial charge in [0.25, 0.3) is 5.91 Å². The summed E-state index contributed by atoms with van der Waals surface area (Å²) in [6.07, 6.45) is 2.72. The van der Waals surface area contributed by atoms with Crippen molar-refractivity contribution >= 4 is 11.9 Å². The van der Waals surface area contributed by atoms with E-state index in [1.807, 2.05) is 0 Å². The van der Waals surface area contributed by atoms with Crippen molar-refractivity contribution in [1.29, 1.82) is 0 Å². The zero-order valence-corrected chi connectivity index (χ0v) is 11.6. The van der Waals surface area contributed by atoms with Gasteiger partial charge in [-0.3, -0.25) is 4.79 Å². The number of carbonyl (C=O) groups is 2. The molecule has 0 saturated carbocycles. The molecule has 0 bridgehead atoms. The second kappa shape index (κ2) is 6.09. The summed E-state index contributed by atoms with van der Waals surface area (Å²) >= 11 is 0. The Hall–Kier alpha value is -1.82. The van der Waals surface area contributed by atoms with Crippen molar-refractivity contribution in [3.63, 3.8) is 0 Å². The van der Waals surface area contributed by atoms with Gasteiger partial charge < -0.3 is 19.6 Å². The molecule has 2 unspecified atom stereocenters. The molecule has 0 aromatic carbocycles. The van der Waals surface area contributed by atoms with Crippen LogP contribution in [0.3, 0.4) is 0 Å². The van der Waals surface area contributed by atoms with Crippen LogP contribution in [-0.2, 0) is 4.74 Å². The monoisotopic (exact) mass is 281 g/mol. The van der Waals surface area contributed by atoms with Crippen molar-refractivity contribution in [2.45, 2.75) is 38.8 Å². The zero-order valence-electron chi connectivity index (χ0n) is 11.6. The van der Waals surface area contributed by atoms with Crippen LogP contribution in [0.2, 0.25) is 0 Å². The third-order valence-corrected chi connectivity index (χ3v) is 3.46. The first-order valence-electron chi connectivity index (χ1n) is 6.71. The van der Waals surface area contributed by atoms with Crippen molar-refractivity contribution < 1.29 is 23.8 Å². The number of amides is 1. The van der Waals surface area contributed by atoms with Gasteiger partial charge in [-0.15, -0.1) is 0 Å². The number of rotatable bonds is 4. The summed E-state index contributed by atoms with van der Waals surface area (Å²) in [5.41, 5.74) is -0.0258. The Morgan fingerprint density at radius 2 is 2.20 bits per heavy atom. The highest BCUT2D eigenvalue weighted by molar-refractivity contribution is 5.95. The third-order valence-electron chi connectivity index (χ3n) is 3.46. The number of furan rings is 1. The average molecular weight is 281 g/mol. The first kappa shape index (κ1) is 14.6. The fourth-order valence-electron chi connectivity index (χ4n) is 2.25. The Balaban J connectivity index is 1.95. The molecule has 1 aromatic rings. The molecule has 1 aliphatic rings. The number of hydrogen-bond acceptors (Lipinski definition) is 4. The van der Waals surface area contributed by atoms with E-state index in [1.165, 1.54) is 6.07 Å². The summed E-state index contributed by atoms with van der Waals surface area (Å²) in [6.45, 7) is 4.79. The van der Waals surface area contributed by atoms with Gasteiger partial charge in [-0.2, -0.15) is 0 Å². The maximum absolute atomic E-state index is 12.0. The van der Waals surface area contributed by atoms with Gasteiger partial charge in [-0.05, 0) is 18.8 Å². The number of hydrogen-bond donors (Lipinski definition) is 2. The molecular formula is C14H19NO5. The molecule has 0 aliphatic carbocycles. The third kappa shape index (κ3) is 3.39. The Labute approximate surface area is 117 Å². The highest BCUT2D eigenvalue weighted by atomic mass is 16.5. The molecule has 0 spiro atoms. The minimum atomic E-state index is -1.11. The van der Waals surface area contributed by atoms with Crippen LogP contribution in [0.1, 0.15) is 47.6 Å². The summed E-state index contributed by atoms with van der Waals surface area (Å²) in [5, 5.41) is 11.7. The molecule has 110 valence electrons. The first-order valence-corrected chi connectivity index (χ1v) is 6.71. The summed E-state index contributed by atoms with van der Waals surface area (Å²) in [7, 11) is 0. The lowest BCUT2D eigenvalue weighted by atomic mass is 9.95. The lowest BCUT2D eigenvalue weighted by Crippen LogP contribution is -2.43. The van der Waals surface area contributed by atoms with Crippen LogP contribution < -0.4 is 5.32 Å². The molecule has 1 fully saturated rings. The van der Waals surface area contributed by atoms with Crippen molar-refractivity contribution in [1.82, 2.24) is 5.32 Å². The van der Waals surface area contributed by atoms with E-state index < -0.39 is 5.97 Å². The fraction of sp³-hybridized carbons (Fsp3) is 0.571. The normalized spacial score (nSPS) is 22.8. The van der Waals surface area contributed by atoms with Crippen molar-refractivity contribution in [2.75, 3.05) is 6.61 Å². The number of carbonyl (C=O) groups excluding carboxylic acids is 1. The lowest BCUT2D eigenvalue weighted by Gasteiger charge is -2.32. The average Bonchev–Trinajstić information content (AvgIpc) is 2.88. The van der Waals surface area contributed by atoms with E-state index in [0.29, 0.717) is 12.5 Å². The molecule has 2 rings (SSSR count). The molecule has 0 radical (unpaired) electrons. The van der Waals surface area contributed by atoms with Gasteiger partial charge in [-0.25, -0.2) is 4.79 Å². The number of carboxylic acids is 1. The number of nitrogens with one attached hydrogen (secondary N) is 1. The van der Waals surface area contributed by atoms with Gasteiger partial charge in [0, 0.05) is 18.7 Å². The highest BCUT2D eigenvalue weighted by Gasteiger charge is 2.27. The zero-order chi connectivity index (χ0) is 14.7. The molecule has 2 heterocycles. The Kier molecular flexibility index (Phi) is 4.44. The lowest BCUT2D eigenvalue weighted by molar-refractivity contribution is -0.0234. The van der Waals surface area contributed by atoms with Gasteiger partial charge in [-0.1, -0.05) is 13.8 Å². The standard InChI is InChI=1S/C14H19NO5/c1-8(2)11-6-10(3-4-19-11)15-13(16)12-5-9(7-20-12)14(17)18/h5,7-8,10-11H,3-4,6H2,1-2H3,(H,15,16)(H,17,18). The van der Waals surface area contributed by atoms with Gasteiger partial charge in [0.05, 0.1) is 11.7 Å². The van der Waals surface area contributed by atoms with E-state index >= 15 is 0 Å². The molecule has 1 aliphatic heterocycles. The molecule has 2 atom stereocenters. The Bertz CT molecular complexity index is 494. The fourth-order valence-corrected chi connectivity index (χ4v) is 2.25. The Morgan fingerprint density at radius 3 is 2.80 bits per heavy atom. The number of aromatic carboxylic acids is 1. The largest absolute Gasteiger partial charge is 0.478 e. The van der Waals surface area contributed by atoms with Gasteiger partial charge in [0.15, 0.2) is 5.76 Å². The van der Waals surface area contributed by atoms with E-state index in [4.69, 9.17) is 14.3 Å². The first-order chi connectivity index (χ1) is 9.47. The maximum atomic E-state index is 12.0. The molecule has 1 aromatic heterocycles. The van der Waals surface area contributed by atoms with Gasteiger partial charge in [0.2, 0.25) is 0 Å². The van der Waals surface area contributed by atoms with E-state index in [2.05, 4.69) is 19.2 Å². The summed E-state index contributed by atoms with van der Waals surface area (Å²) < 4.78 is 10.6. The maximum Gasteiger partial charge on any atom is 0.338 e. The summed E-state index contributed by atoms with van der Waals surface area (Å²) in [6, 6.07) is 1.26. The predicted molar refractivity (Wildman–Crippen MR) is 70.7 cm³/mol. The molecular weight excluding hydrogens is 262 g/mol. The van der Waals surface area contributed by atoms with Gasteiger partial charge in [0.1, 0.15) is 6.26 Å². The molecule has 20 heavy (non-hydrogen) atoms. The smallest absolute Gasteiger partial charge is 0.338 e. The second-order valence-electron chi connectivity index (χ2n) is 5.35. The molecule has 6 heteroatoms. The minimum absolute atomic E-state index is 0.0231. The molecule has 1 saturated heterocycles. The highest BCUT2D eigenvalue weighted by Crippen LogP contribution is 2.20. The van der Waals surface area contributed by atoms with Crippen molar-refractivity contribution in [3.8, 4) is 0 Å². The van der Waals surface area contributed by atoms with E-state index in [1.54, 1.807) is 0 Å². The van der Waals surface area contributed by atoms with Crippen LogP contribution in [0.25, 0.3) is 0 Å². The second-order valence-corrected chi connectivity index (χ2v) is 5.35. The minimum Gasteiger partial charge on any atom is -0.478 e. The van der Waals surface area contributed by atoms with E-state index in [9.17, 15) is 9.59 Å². The Morgan fingerprint density at radius 1 is 1.45 bits per heavy atom. The SMILES string of the molecule is CC(C)C1CC(NC(=O)c2cc(C(=O)O)co2)CCO1. The number of carboxylic acid groups (broad SMARTS) is 1.